The molecule has 0 atom stereocenters. The monoisotopic (exact) mass is 256 g/mol. The van der Waals surface area contributed by atoms with Crippen molar-refractivity contribution in [2.75, 3.05) is 0 Å². The van der Waals surface area contributed by atoms with Crippen LogP contribution in [0.3, 0.4) is 0 Å². The summed E-state index contributed by atoms with van der Waals surface area (Å²) in [7, 11) is 0. The molecular weight excluding hydrogens is 236 g/mol. The lowest BCUT2D eigenvalue weighted by molar-refractivity contribution is 0.581. The van der Waals surface area contributed by atoms with Gasteiger partial charge in [0.25, 0.3) is 0 Å². The molecule has 2 rings (SSSR count). The molecule has 1 N–H and O–H groups in total. The zero-order valence-corrected chi connectivity index (χ0v) is 11.7. The molecule has 0 saturated carbocycles. The van der Waals surface area contributed by atoms with Crippen molar-refractivity contribution in [2.24, 2.45) is 0 Å². The highest BCUT2D eigenvalue weighted by atomic mass is 15.0. The fraction of sp³-hybridized carbons (Fsp3) is 0.400. The van der Waals surface area contributed by atoms with Crippen molar-refractivity contribution in [3.63, 3.8) is 0 Å². The van der Waals surface area contributed by atoms with Gasteiger partial charge < -0.3 is 5.32 Å². The molecule has 0 fully saturated rings. The molecule has 0 spiro atoms. The molecule has 0 unspecified atom stereocenters. The first-order valence-corrected chi connectivity index (χ1v) is 6.70. The number of nitrogens with one attached hydrogen (secondary N) is 1. The molecule has 4 heteroatoms. The van der Waals surface area contributed by atoms with Gasteiger partial charge >= 0.3 is 0 Å². The predicted octanol–water partition coefficient (Wildman–Crippen LogP) is 2.60. The van der Waals surface area contributed by atoms with Gasteiger partial charge in [-0.15, -0.1) is 0 Å². The van der Waals surface area contributed by atoms with Crippen LogP contribution < -0.4 is 5.32 Å². The summed E-state index contributed by atoms with van der Waals surface area (Å²) in [4.78, 5) is 13.3. The third-order valence-electron chi connectivity index (χ3n) is 2.89. The van der Waals surface area contributed by atoms with Gasteiger partial charge in [0.1, 0.15) is 5.69 Å². The van der Waals surface area contributed by atoms with E-state index in [1.54, 1.807) is 12.4 Å². The number of hydrogen-bond donors (Lipinski definition) is 1. The fourth-order valence-corrected chi connectivity index (χ4v) is 1.84. The van der Waals surface area contributed by atoms with Gasteiger partial charge in [-0.25, -0.2) is 9.97 Å². The molecule has 2 aromatic rings. The molecule has 0 aromatic carbocycles. The summed E-state index contributed by atoms with van der Waals surface area (Å²) >= 11 is 0. The molecule has 0 bridgehead atoms. The minimum Gasteiger partial charge on any atom is -0.309 e. The highest BCUT2D eigenvalue weighted by Gasteiger charge is 2.08. The number of pyridine rings is 1. The van der Waals surface area contributed by atoms with Crippen LogP contribution in [0.2, 0.25) is 0 Å². The lowest BCUT2D eigenvalue weighted by Crippen LogP contribution is -2.22. The van der Waals surface area contributed by atoms with Crippen molar-refractivity contribution < 1.29 is 0 Å². The first-order chi connectivity index (χ1) is 9.20. The van der Waals surface area contributed by atoms with E-state index in [9.17, 15) is 0 Å². The van der Waals surface area contributed by atoms with Crippen molar-refractivity contribution >= 4 is 0 Å². The van der Waals surface area contributed by atoms with Gasteiger partial charge in [0, 0.05) is 25.0 Å². The molecule has 0 radical (unpaired) electrons. The summed E-state index contributed by atoms with van der Waals surface area (Å²) in [5, 5.41) is 3.36. The molecule has 0 aliphatic rings. The van der Waals surface area contributed by atoms with Gasteiger partial charge in [-0.3, -0.25) is 4.98 Å². The third kappa shape index (κ3) is 3.58. The van der Waals surface area contributed by atoms with Gasteiger partial charge in [0.05, 0.1) is 5.69 Å². The smallest absolute Gasteiger partial charge is 0.178 e. The number of hydrogen-bond acceptors (Lipinski definition) is 4. The van der Waals surface area contributed by atoms with Crippen molar-refractivity contribution in [3.8, 4) is 11.5 Å². The SMILES string of the molecule is CCc1cccnc1-c1nccc(CNC(C)C)n1. The second-order valence-corrected chi connectivity index (χ2v) is 4.77. The second-order valence-electron chi connectivity index (χ2n) is 4.77. The molecule has 4 nitrogen and oxygen atoms in total. The Hall–Kier alpha value is -1.81. The summed E-state index contributed by atoms with van der Waals surface area (Å²) in [6.45, 7) is 7.11. The maximum atomic E-state index is 4.59. The minimum absolute atomic E-state index is 0.444. The van der Waals surface area contributed by atoms with E-state index in [0.717, 1.165) is 24.4 Å². The molecular formula is C15H20N4. The Morgan fingerprint density at radius 2 is 2.00 bits per heavy atom. The van der Waals surface area contributed by atoms with Crippen LogP contribution in [-0.4, -0.2) is 21.0 Å². The van der Waals surface area contributed by atoms with E-state index in [1.807, 2.05) is 12.1 Å². The highest BCUT2D eigenvalue weighted by Crippen LogP contribution is 2.17. The summed E-state index contributed by atoms with van der Waals surface area (Å²) in [5.74, 6) is 0.709. The normalized spacial score (nSPS) is 10.9. The lowest BCUT2D eigenvalue weighted by atomic mass is 10.1. The Bertz CT molecular complexity index is 537. The minimum atomic E-state index is 0.444. The van der Waals surface area contributed by atoms with E-state index in [-0.39, 0.29) is 0 Å². The standard InChI is InChI=1S/C15H20N4/c1-4-12-6-5-8-16-14(12)15-17-9-7-13(19-15)10-18-11(2)3/h5-9,11,18H,4,10H2,1-3H3. The van der Waals surface area contributed by atoms with Crippen LogP contribution >= 0.6 is 0 Å². The molecule has 2 aromatic heterocycles. The van der Waals surface area contributed by atoms with Gasteiger partial charge in [0.15, 0.2) is 5.82 Å². The molecule has 0 amide bonds. The number of rotatable bonds is 5. The quantitative estimate of drug-likeness (QED) is 0.893. The van der Waals surface area contributed by atoms with Crippen LogP contribution in [0.25, 0.3) is 11.5 Å². The second kappa shape index (κ2) is 6.38. The summed E-state index contributed by atoms with van der Waals surface area (Å²) in [6.07, 6.45) is 4.52. The summed E-state index contributed by atoms with van der Waals surface area (Å²) in [5.41, 5.74) is 3.05. The molecule has 100 valence electrons. The highest BCUT2D eigenvalue weighted by molar-refractivity contribution is 5.54. The van der Waals surface area contributed by atoms with Crippen molar-refractivity contribution in [1.82, 2.24) is 20.3 Å². The van der Waals surface area contributed by atoms with E-state index >= 15 is 0 Å². The first kappa shape index (κ1) is 13.6. The maximum Gasteiger partial charge on any atom is 0.178 e. The zero-order valence-electron chi connectivity index (χ0n) is 11.7. The lowest BCUT2D eigenvalue weighted by Gasteiger charge is -2.09. The van der Waals surface area contributed by atoms with Gasteiger partial charge in [0.2, 0.25) is 0 Å². The van der Waals surface area contributed by atoms with Crippen LogP contribution in [-0.2, 0) is 13.0 Å². The number of nitrogens with zero attached hydrogens (tertiary/aromatic N) is 3. The third-order valence-corrected chi connectivity index (χ3v) is 2.89. The average Bonchev–Trinajstić information content (AvgIpc) is 2.45. The van der Waals surface area contributed by atoms with E-state index in [1.165, 1.54) is 5.56 Å². The molecule has 0 aliphatic carbocycles. The molecule has 19 heavy (non-hydrogen) atoms. The largest absolute Gasteiger partial charge is 0.309 e. The van der Waals surface area contributed by atoms with E-state index in [4.69, 9.17) is 0 Å². The van der Waals surface area contributed by atoms with Crippen LogP contribution in [0, 0.1) is 0 Å². The Balaban J connectivity index is 2.27. The summed E-state index contributed by atoms with van der Waals surface area (Å²) in [6, 6.07) is 6.41. The number of aromatic nitrogens is 3. The number of aryl methyl sites for hydroxylation is 1. The van der Waals surface area contributed by atoms with Crippen molar-refractivity contribution in [2.45, 2.75) is 39.8 Å². The first-order valence-electron chi connectivity index (χ1n) is 6.70. The van der Waals surface area contributed by atoms with Gasteiger partial charge in [-0.1, -0.05) is 26.8 Å². The van der Waals surface area contributed by atoms with Crippen molar-refractivity contribution in [1.29, 1.82) is 0 Å². The van der Waals surface area contributed by atoms with Gasteiger partial charge in [-0.05, 0) is 24.1 Å². The Morgan fingerprint density at radius 3 is 2.74 bits per heavy atom. The van der Waals surface area contributed by atoms with Crippen LogP contribution in [0.1, 0.15) is 32.0 Å². The molecule has 0 saturated heterocycles. The topological polar surface area (TPSA) is 50.7 Å². The average molecular weight is 256 g/mol. The van der Waals surface area contributed by atoms with Gasteiger partial charge in [-0.2, -0.15) is 0 Å². The van der Waals surface area contributed by atoms with Crippen molar-refractivity contribution in [3.05, 3.63) is 41.9 Å². The zero-order chi connectivity index (χ0) is 13.7. The summed E-state index contributed by atoms with van der Waals surface area (Å²) < 4.78 is 0. The Kier molecular flexibility index (Phi) is 4.58. The van der Waals surface area contributed by atoms with Crippen LogP contribution in [0.4, 0.5) is 0 Å². The Morgan fingerprint density at radius 1 is 1.16 bits per heavy atom. The molecule has 0 aliphatic heterocycles. The fourth-order valence-electron chi connectivity index (χ4n) is 1.84. The van der Waals surface area contributed by atoms with E-state index in [2.05, 4.69) is 47.1 Å². The Labute approximate surface area is 114 Å². The van der Waals surface area contributed by atoms with Crippen LogP contribution in [0.15, 0.2) is 30.6 Å². The van der Waals surface area contributed by atoms with E-state index < -0.39 is 0 Å². The molecule has 2 heterocycles. The van der Waals surface area contributed by atoms with E-state index in [0.29, 0.717) is 11.9 Å². The maximum absolute atomic E-state index is 4.59. The predicted molar refractivity (Wildman–Crippen MR) is 76.6 cm³/mol. The van der Waals surface area contributed by atoms with Crippen LogP contribution in [0.5, 0.6) is 0 Å².